The van der Waals surface area contributed by atoms with E-state index in [0.29, 0.717) is 5.91 Å². The van der Waals surface area contributed by atoms with Crippen LogP contribution in [0.1, 0.15) is 30.4 Å². The fourth-order valence-electron chi connectivity index (χ4n) is 3.38. The van der Waals surface area contributed by atoms with Crippen LogP contribution in [0.5, 0.6) is 0 Å². The molecule has 0 aliphatic carbocycles. The number of rotatable bonds is 3. The van der Waals surface area contributed by atoms with Crippen molar-refractivity contribution in [3.63, 3.8) is 0 Å². The molecule has 1 atom stereocenters. The summed E-state index contributed by atoms with van der Waals surface area (Å²) in [5, 5.41) is 9.15. The normalized spacial score (nSPS) is 22.4. The van der Waals surface area contributed by atoms with Crippen LogP contribution < -0.4 is 0 Å². The highest BCUT2D eigenvalue weighted by molar-refractivity contribution is 5.79. The first kappa shape index (κ1) is 14.1. The van der Waals surface area contributed by atoms with Crippen molar-refractivity contribution >= 4 is 5.91 Å². The van der Waals surface area contributed by atoms with Gasteiger partial charge in [0, 0.05) is 26.2 Å². The molecule has 4 heteroatoms. The van der Waals surface area contributed by atoms with Crippen LogP contribution >= 0.6 is 0 Å². The van der Waals surface area contributed by atoms with Gasteiger partial charge in [-0.25, -0.2) is 0 Å². The maximum Gasteiger partial charge on any atom is 0.227 e. The highest BCUT2D eigenvalue weighted by Crippen LogP contribution is 2.23. The monoisotopic (exact) mass is 283 g/mol. The summed E-state index contributed by atoms with van der Waals surface area (Å²) in [5.41, 5.74) is 1.81. The van der Waals surface area contributed by atoms with Crippen molar-refractivity contribution < 1.29 is 4.79 Å². The van der Waals surface area contributed by atoms with Gasteiger partial charge in [-0.1, -0.05) is 18.2 Å². The van der Waals surface area contributed by atoms with Gasteiger partial charge < -0.3 is 4.90 Å². The van der Waals surface area contributed by atoms with E-state index in [9.17, 15) is 4.79 Å². The number of hydrogen-bond acceptors (Lipinski definition) is 3. The lowest BCUT2D eigenvalue weighted by molar-refractivity contribution is -0.134. The highest BCUT2D eigenvalue weighted by Gasteiger charge is 2.32. The van der Waals surface area contributed by atoms with Crippen LogP contribution in [-0.4, -0.2) is 41.9 Å². The zero-order valence-corrected chi connectivity index (χ0v) is 12.3. The van der Waals surface area contributed by atoms with E-state index >= 15 is 0 Å². The minimum absolute atomic E-state index is 0.150. The average Bonchev–Trinajstić information content (AvgIpc) is 3.19. The number of carbonyl (C=O) groups excluding carboxylic acids is 1. The van der Waals surface area contributed by atoms with Gasteiger partial charge in [0.2, 0.25) is 5.91 Å². The van der Waals surface area contributed by atoms with Gasteiger partial charge in [0.15, 0.2) is 0 Å². The second kappa shape index (κ2) is 6.28. The van der Waals surface area contributed by atoms with Crippen molar-refractivity contribution in [3.05, 3.63) is 35.4 Å². The van der Waals surface area contributed by atoms with E-state index < -0.39 is 0 Å². The maximum atomic E-state index is 12.4. The first-order chi connectivity index (χ1) is 10.3. The molecule has 0 bridgehead atoms. The average molecular weight is 283 g/mol. The summed E-state index contributed by atoms with van der Waals surface area (Å²) in [6.45, 7) is 4.42. The molecule has 2 aliphatic heterocycles. The Kier molecular flexibility index (Phi) is 4.21. The van der Waals surface area contributed by atoms with Gasteiger partial charge in [0.05, 0.1) is 17.6 Å². The third kappa shape index (κ3) is 3.08. The van der Waals surface area contributed by atoms with Crippen molar-refractivity contribution in [1.82, 2.24) is 9.80 Å². The third-order valence-electron chi connectivity index (χ3n) is 4.57. The molecule has 110 valence electrons. The van der Waals surface area contributed by atoms with Crippen LogP contribution in [0.4, 0.5) is 0 Å². The summed E-state index contributed by atoms with van der Waals surface area (Å²) in [5.74, 6) is 0.487. The molecule has 2 aliphatic rings. The van der Waals surface area contributed by atoms with Crippen LogP contribution in [0.15, 0.2) is 24.3 Å². The zero-order chi connectivity index (χ0) is 14.7. The number of amides is 1. The van der Waals surface area contributed by atoms with Crippen molar-refractivity contribution in [2.24, 2.45) is 5.92 Å². The molecule has 2 fully saturated rings. The Morgan fingerprint density at radius 1 is 1.24 bits per heavy atom. The molecule has 0 spiro atoms. The van der Waals surface area contributed by atoms with Gasteiger partial charge in [0.1, 0.15) is 0 Å². The Morgan fingerprint density at radius 3 is 2.76 bits per heavy atom. The van der Waals surface area contributed by atoms with E-state index in [0.717, 1.165) is 63.1 Å². The first-order valence-electron chi connectivity index (χ1n) is 7.77. The second-order valence-electron chi connectivity index (χ2n) is 6.02. The Balaban J connectivity index is 1.59. The summed E-state index contributed by atoms with van der Waals surface area (Å²) in [4.78, 5) is 16.7. The van der Waals surface area contributed by atoms with E-state index in [-0.39, 0.29) is 5.92 Å². The van der Waals surface area contributed by atoms with Crippen LogP contribution in [-0.2, 0) is 11.3 Å². The Bertz CT molecular complexity index is 557. The van der Waals surface area contributed by atoms with Gasteiger partial charge in [-0.05, 0) is 37.4 Å². The number of nitriles is 1. The fraction of sp³-hybridized carbons (Fsp3) is 0.529. The standard InChI is InChI=1S/C17H21N3O/c18-11-14-5-1-2-6-15(14)12-19-10-7-16(13-19)17(21)20-8-3-4-9-20/h1-2,5-6,16H,3-4,7-10,12-13H2. The molecule has 0 saturated carbocycles. The Hall–Kier alpha value is -1.86. The van der Waals surface area contributed by atoms with Crippen molar-refractivity contribution in [2.45, 2.75) is 25.8 Å². The SMILES string of the molecule is N#Cc1ccccc1CN1CCC(C(=O)N2CCCC2)C1. The molecule has 0 N–H and O–H groups in total. The molecule has 0 radical (unpaired) electrons. The topological polar surface area (TPSA) is 47.3 Å². The molecule has 1 unspecified atom stereocenters. The number of likely N-dealkylation sites (tertiary alicyclic amines) is 2. The lowest BCUT2D eigenvalue weighted by atomic mass is 10.1. The van der Waals surface area contributed by atoms with Gasteiger partial charge in [-0.3, -0.25) is 9.69 Å². The first-order valence-corrected chi connectivity index (χ1v) is 7.77. The van der Waals surface area contributed by atoms with Crippen LogP contribution in [0, 0.1) is 17.2 Å². The highest BCUT2D eigenvalue weighted by atomic mass is 16.2. The summed E-state index contributed by atoms with van der Waals surface area (Å²) >= 11 is 0. The van der Waals surface area contributed by atoms with Crippen molar-refractivity contribution in [1.29, 1.82) is 5.26 Å². The molecule has 21 heavy (non-hydrogen) atoms. The smallest absolute Gasteiger partial charge is 0.227 e. The van der Waals surface area contributed by atoms with Crippen LogP contribution in [0.3, 0.4) is 0 Å². The molecule has 0 aromatic heterocycles. The molecule has 2 heterocycles. The molecule has 4 nitrogen and oxygen atoms in total. The van der Waals surface area contributed by atoms with Crippen LogP contribution in [0.2, 0.25) is 0 Å². The molecule has 3 rings (SSSR count). The number of hydrogen-bond donors (Lipinski definition) is 0. The van der Waals surface area contributed by atoms with Gasteiger partial charge >= 0.3 is 0 Å². The zero-order valence-electron chi connectivity index (χ0n) is 12.3. The molecular formula is C17H21N3O. The lowest BCUT2D eigenvalue weighted by Gasteiger charge is -2.20. The van der Waals surface area contributed by atoms with Gasteiger partial charge in [-0.15, -0.1) is 0 Å². The number of benzene rings is 1. The summed E-state index contributed by atoms with van der Waals surface area (Å²) in [6.07, 6.45) is 3.25. The van der Waals surface area contributed by atoms with E-state index in [4.69, 9.17) is 5.26 Å². The number of nitrogens with zero attached hydrogens (tertiary/aromatic N) is 3. The van der Waals surface area contributed by atoms with Crippen molar-refractivity contribution in [2.75, 3.05) is 26.2 Å². The van der Waals surface area contributed by atoms with Gasteiger partial charge in [-0.2, -0.15) is 5.26 Å². The predicted molar refractivity (Wildman–Crippen MR) is 80.4 cm³/mol. The Labute approximate surface area is 126 Å². The fourth-order valence-corrected chi connectivity index (χ4v) is 3.38. The summed E-state index contributed by atoms with van der Waals surface area (Å²) in [6, 6.07) is 9.98. The molecule has 1 amide bonds. The predicted octanol–water partition coefficient (Wildman–Crippen LogP) is 2.00. The minimum Gasteiger partial charge on any atom is -0.342 e. The lowest BCUT2D eigenvalue weighted by Crippen LogP contribution is -2.35. The Morgan fingerprint density at radius 2 is 2.00 bits per heavy atom. The van der Waals surface area contributed by atoms with E-state index in [1.54, 1.807) is 0 Å². The van der Waals surface area contributed by atoms with E-state index in [1.807, 2.05) is 29.2 Å². The molecular weight excluding hydrogens is 262 g/mol. The quantitative estimate of drug-likeness (QED) is 0.852. The minimum atomic E-state index is 0.150. The molecule has 2 saturated heterocycles. The van der Waals surface area contributed by atoms with E-state index in [1.165, 1.54) is 0 Å². The summed E-state index contributed by atoms with van der Waals surface area (Å²) < 4.78 is 0. The maximum absolute atomic E-state index is 12.4. The summed E-state index contributed by atoms with van der Waals surface area (Å²) in [7, 11) is 0. The molecule has 1 aromatic rings. The van der Waals surface area contributed by atoms with E-state index in [2.05, 4.69) is 11.0 Å². The number of carbonyl (C=O) groups is 1. The van der Waals surface area contributed by atoms with Gasteiger partial charge in [0.25, 0.3) is 0 Å². The second-order valence-corrected chi connectivity index (χ2v) is 6.02. The third-order valence-corrected chi connectivity index (χ3v) is 4.57. The van der Waals surface area contributed by atoms with Crippen LogP contribution in [0.25, 0.3) is 0 Å². The largest absolute Gasteiger partial charge is 0.342 e. The van der Waals surface area contributed by atoms with Crippen molar-refractivity contribution in [3.8, 4) is 6.07 Å². The molecule has 1 aromatic carbocycles.